The van der Waals surface area contributed by atoms with E-state index < -0.39 is 0 Å². The molecule has 1 aromatic carbocycles. The van der Waals surface area contributed by atoms with Crippen molar-refractivity contribution < 1.29 is 0 Å². The summed E-state index contributed by atoms with van der Waals surface area (Å²) in [4.78, 5) is 11.4. The van der Waals surface area contributed by atoms with Crippen LogP contribution < -0.4 is 10.6 Å². The minimum Gasteiger partial charge on any atom is -0.352 e. The van der Waals surface area contributed by atoms with Gasteiger partial charge in [0.15, 0.2) is 5.96 Å². The summed E-state index contributed by atoms with van der Waals surface area (Å²) in [5.74, 6) is 0.804. The fourth-order valence-electron chi connectivity index (χ4n) is 3.31. The van der Waals surface area contributed by atoms with Crippen LogP contribution in [0, 0.1) is 0 Å². The Balaban J connectivity index is 1.43. The first-order valence-electron chi connectivity index (χ1n) is 9.95. The summed E-state index contributed by atoms with van der Waals surface area (Å²) in [6, 6.07) is 8.94. The third-order valence-corrected chi connectivity index (χ3v) is 5.94. The van der Waals surface area contributed by atoms with Crippen molar-refractivity contribution in [3.05, 3.63) is 51.5 Å². The predicted molar refractivity (Wildman–Crippen MR) is 114 cm³/mol. The second kappa shape index (κ2) is 10.4. The molecule has 5 nitrogen and oxygen atoms in total. The van der Waals surface area contributed by atoms with Gasteiger partial charge in [-0.3, -0.25) is 9.89 Å². The molecule has 0 bridgehead atoms. The summed E-state index contributed by atoms with van der Waals surface area (Å²) in [6.07, 6.45) is 5.06. The molecule has 1 aliphatic heterocycles. The Labute approximate surface area is 166 Å². The van der Waals surface area contributed by atoms with Crippen LogP contribution in [0.4, 0.5) is 0 Å². The summed E-state index contributed by atoms with van der Waals surface area (Å²) in [5.41, 5.74) is 3.74. The molecule has 0 spiro atoms. The number of hydrogen-bond donors (Lipinski definition) is 2. The lowest BCUT2D eigenvalue weighted by molar-refractivity contribution is 0.221. The highest BCUT2D eigenvalue weighted by Gasteiger charge is 2.10. The molecule has 0 saturated carbocycles. The van der Waals surface area contributed by atoms with E-state index in [9.17, 15) is 0 Å². The monoisotopic (exact) mass is 385 g/mol. The maximum atomic E-state index is 4.58. The Bertz CT molecular complexity index is 716. The van der Waals surface area contributed by atoms with Crippen molar-refractivity contribution in [2.45, 2.75) is 52.2 Å². The molecule has 146 valence electrons. The SMILES string of the molecule is CCc1nc(CNC(=NC)NCc2ccc(CN3CCCCC3)cc2)cs1. The molecular weight excluding hydrogens is 354 g/mol. The van der Waals surface area contributed by atoms with Crippen LogP contribution in [0.15, 0.2) is 34.6 Å². The summed E-state index contributed by atoms with van der Waals surface area (Å²) in [5, 5.41) is 10.0. The molecule has 1 fully saturated rings. The summed E-state index contributed by atoms with van der Waals surface area (Å²) in [6.45, 7) is 7.15. The lowest BCUT2D eigenvalue weighted by Gasteiger charge is -2.26. The number of aryl methyl sites for hydroxylation is 1. The van der Waals surface area contributed by atoms with E-state index in [0.29, 0.717) is 6.54 Å². The third-order valence-electron chi connectivity index (χ3n) is 4.90. The highest BCUT2D eigenvalue weighted by Crippen LogP contribution is 2.13. The number of thiazole rings is 1. The molecule has 6 heteroatoms. The van der Waals surface area contributed by atoms with Crippen LogP contribution in [0.25, 0.3) is 0 Å². The number of aliphatic imine (C=N–C) groups is 1. The van der Waals surface area contributed by atoms with Crippen molar-refractivity contribution in [2.75, 3.05) is 20.1 Å². The van der Waals surface area contributed by atoms with Crippen molar-refractivity contribution in [1.82, 2.24) is 20.5 Å². The maximum absolute atomic E-state index is 4.58. The second-order valence-electron chi connectivity index (χ2n) is 7.02. The lowest BCUT2D eigenvalue weighted by atomic mass is 10.1. The summed E-state index contributed by atoms with van der Waals surface area (Å²) in [7, 11) is 1.80. The van der Waals surface area contributed by atoms with Gasteiger partial charge in [-0.2, -0.15) is 0 Å². The summed E-state index contributed by atoms with van der Waals surface area (Å²) >= 11 is 1.72. The van der Waals surface area contributed by atoms with E-state index in [1.54, 1.807) is 18.4 Å². The van der Waals surface area contributed by atoms with Gasteiger partial charge in [0.1, 0.15) is 0 Å². The number of nitrogens with one attached hydrogen (secondary N) is 2. The Morgan fingerprint density at radius 3 is 2.44 bits per heavy atom. The average Bonchev–Trinajstić information content (AvgIpc) is 3.18. The molecule has 27 heavy (non-hydrogen) atoms. The van der Waals surface area contributed by atoms with Crippen LogP contribution in [0.2, 0.25) is 0 Å². The first-order valence-corrected chi connectivity index (χ1v) is 10.8. The molecule has 1 aromatic heterocycles. The molecule has 0 aliphatic carbocycles. The molecular formula is C21H31N5S. The topological polar surface area (TPSA) is 52.6 Å². The van der Waals surface area contributed by atoms with Crippen molar-refractivity contribution in [2.24, 2.45) is 4.99 Å². The zero-order valence-electron chi connectivity index (χ0n) is 16.5. The minimum absolute atomic E-state index is 0.699. The van der Waals surface area contributed by atoms with Crippen molar-refractivity contribution in [3.8, 4) is 0 Å². The van der Waals surface area contributed by atoms with E-state index in [1.165, 1.54) is 48.5 Å². The van der Waals surface area contributed by atoms with Crippen LogP contribution >= 0.6 is 11.3 Å². The molecule has 2 heterocycles. The number of guanidine groups is 1. The fourth-order valence-corrected chi connectivity index (χ4v) is 4.06. The Morgan fingerprint density at radius 2 is 1.78 bits per heavy atom. The highest BCUT2D eigenvalue weighted by molar-refractivity contribution is 7.09. The van der Waals surface area contributed by atoms with Gasteiger partial charge in [-0.25, -0.2) is 4.98 Å². The smallest absolute Gasteiger partial charge is 0.191 e. The van der Waals surface area contributed by atoms with Gasteiger partial charge in [-0.05, 0) is 43.5 Å². The second-order valence-corrected chi connectivity index (χ2v) is 7.96. The molecule has 2 aromatic rings. The molecule has 3 rings (SSSR count). The van der Waals surface area contributed by atoms with Crippen LogP contribution in [-0.2, 0) is 26.1 Å². The fraction of sp³-hybridized carbons (Fsp3) is 0.524. The Morgan fingerprint density at radius 1 is 1.07 bits per heavy atom. The minimum atomic E-state index is 0.699. The van der Waals surface area contributed by atoms with E-state index in [1.807, 2.05) is 0 Å². The number of rotatable bonds is 7. The van der Waals surface area contributed by atoms with E-state index in [2.05, 4.69) is 62.1 Å². The molecule has 1 saturated heterocycles. The van der Waals surface area contributed by atoms with Gasteiger partial charge >= 0.3 is 0 Å². The first kappa shape index (κ1) is 19.8. The van der Waals surface area contributed by atoms with E-state index in [0.717, 1.165) is 31.2 Å². The van der Waals surface area contributed by atoms with Gasteiger partial charge in [0.2, 0.25) is 0 Å². The number of benzene rings is 1. The quantitative estimate of drug-likeness (QED) is 0.565. The number of aromatic nitrogens is 1. The molecule has 0 radical (unpaired) electrons. The van der Waals surface area contributed by atoms with Crippen molar-refractivity contribution in [3.63, 3.8) is 0 Å². The molecule has 1 aliphatic rings. The van der Waals surface area contributed by atoms with Crippen LogP contribution in [-0.4, -0.2) is 36.0 Å². The Kier molecular flexibility index (Phi) is 7.66. The van der Waals surface area contributed by atoms with Gasteiger partial charge in [-0.1, -0.05) is 37.6 Å². The van der Waals surface area contributed by atoms with Gasteiger partial charge < -0.3 is 10.6 Å². The number of hydrogen-bond acceptors (Lipinski definition) is 4. The van der Waals surface area contributed by atoms with Gasteiger partial charge in [0, 0.05) is 25.5 Å². The van der Waals surface area contributed by atoms with Crippen molar-refractivity contribution >= 4 is 17.3 Å². The van der Waals surface area contributed by atoms with Gasteiger partial charge in [-0.15, -0.1) is 11.3 Å². The standard InChI is InChI=1S/C21H31N5S/c1-3-20-25-19(16-27-20)14-24-21(22-2)23-13-17-7-9-18(10-8-17)15-26-11-5-4-6-12-26/h7-10,16H,3-6,11-15H2,1-2H3,(H2,22,23,24). The average molecular weight is 386 g/mol. The molecule has 0 unspecified atom stereocenters. The van der Waals surface area contributed by atoms with E-state index in [4.69, 9.17) is 0 Å². The number of likely N-dealkylation sites (tertiary alicyclic amines) is 1. The maximum Gasteiger partial charge on any atom is 0.191 e. The highest BCUT2D eigenvalue weighted by atomic mass is 32.1. The number of piperidine rings is 1. The third kappa shape index (κ3) is 6.33. The Hall–Kier alpha value is -1.92. The van der Waals surface area contributed by atoms with Crippen molar-refractivity contribution in [1.29, 1.82) is 0 Å². The normalized spacial score (nSPS) is 15.7. The van der Waals surface area contributed by atoms with Gasteiger partial charge in [0.25, 0.3) is 0 Å². The van der Waals surface area contributed by atoms with E-state index in [-0.39, 0.29) is 0 Å². The largest absolute Gasteiger partial charge is 0.352 e. The van der Waals surface area contributed by atoms with Crippen LogP contribution in [0.3, 0.4) is 0 Å². The zero-order chi connectivity index (χ0) is 18.9. The lowest BCUT2D eigenvalue weighted by Crippen LogP contribution is -2.36. The molecule has 0 amide bonds. The summed E-state index contributed by atoms with van der Waals surface area (Å²) < 4.78 is 0. The first-order chi connectivity index (χ1) is 13.3. The number of nitrogens with zero attached hydrogens (tertiary/aromatic N) is 3. The van der Waals surface area contributed by atoms with Crippen LogP contribution in [0.5, 0.6) is 0 Å². The van der Waals surface area contributed by atoms with E-state index >= 15 is 0 Å². The van der Waals surface area contributed by atoms with Gasteiger partial charge in [0.05, 0.1) is 17.2 Å². The molecule has 2 N–H and O–H groups in total. The molecule has 0 atom stereocenters. The predicted octanol–water partition coefficient (Wildman–Crippen LogP) is 3.56. The van der Waals surface area contributed by atoms with Crippen LogP contribution in [0.1, 0.15) is 48.0 Å². The zero-order valence-corrected chi connectivity index (χ0v) is 17.3.